The van der Waals surface area contributed by atoms with Crippen LogP contribution >= 0.6 is 0 Å². The van der Waals surface area contributed by atoms with Crippen molar-refractivity contribution in [3.05, 3.63) is 24.3 Å². The van der Waals surface area contributed by atoms with Crippen LogP contribution in [0.3, 0.4) is 0 Å². The molecule has 0 saturated heterocycles. The largest absolute Gasteiger partial charge is 0.482 e. The number of ether oxygens (including phenoxy) is 3. The molecule has 0 spiro atoms. The summed E-state index contributed by atoms with van der Waals surface area (Å²) >= 11 is 0. The normalized spacial score (nSPS) is 12.6. The Hall–Kier alpha value is -3.10. The summed E-state index contributed by atoms with van der Waals surface area (Å²) < 4.78 is 14.7. The van der Waals surface area contributed by atoms with Crippen molar-refractivity contribution in [3.63, 3.8) is 0 Å². The summed E-state index contributed by atoms with van der Waals surface area (Å²) in [6.45, 7) is -0.0753. The van der Waals surface area contributed by atoms with Gasteiger partial charge in [-0.3, -0.25) is 19.2 Å². The molecule has 146 valence electrons. The van der Waals surface area contributed by atoms with E-state index in [0.29, 0.717) is 17.9 Å². The molecule has 2 rings (SSSR count). The first kappa shape index (κ1) is 20.2. The molecule has 0 saturated carbocycles. The van der Waals surface area contributed by atoms with Gasteiger partial charge >= 0.3 is 11.9 Å². The summed E-state index contributed by atoms with van der Waals surface area (Å²) in [5, 5.41) is 2.54. The Morgan fingerprint density at radius 1 is 1.19 bits per heavy atom. The zero-order valence-electron chi connectivity index (χ0n) is 15.1. The second-order valence-corrected chi connectivity index (χ2v) is 5.74. The van der Waals surface area contributed by atoms with Gasteiger partial charge in [-0.1, -0.05) is 12.1 Å². The Labute approximate surface area is 156 Å². The highest BCUT2D eigenvalue weighted by molar-refractivity contribution is 5.98. The third kappa shape index (κ3) is 6.28. The van der Waals surface area contributed by atoms with Gasteiger partial charge in [0.25, 0.3) is 11.8 Å². The lowest BCUT2D eigenvalue weighted by Crippen LogP contribution is -2.40. The van der Waals surface area contributed by atoms with Crippen molar-refractivity contribution in [2.24, 2.45) is 0 Å². The smallest absolute Gasteiger partial charge is 0.308 e. The third-order valence-electron chi connectivity index (χ3n) is 3.82. The van der Waals surface area contributed by atoms with E-state index in [2.05, 4.69) is 10.1 Å². The number of hydrogen-bond donors (Lipinski definition) is 1. The van der Waals surface area contributed by atoms with Gasteiger partial charge in [0, 0.05) is 19.5 Å². The number of anilines is 1. The van der Waals surface area contributed by atoms with Crippen LogP contribution in [0.15, 0.2) is 24.3 Å². The minimum Gasteiger partial charge on any atom is -0.482 e. The van der Waals surface area contributed by atoms with Gasteiger partial charge in [0.2, 0.25) is 0 Å². The summed E-state index contributed by atoms with van der Waals surface area (Å²) in [4.78, 5) is 47.8. The lowest BCUT2D eigenvalue weighted by molar-refractivity contribution is -0.148. The molecule has 0 bridgehead atoms. The number of amides is 2. The van der Waals surface area contributed by atoms with Gasteiger partial charge in [-0.15, -0.1) is 0 Å². The Kier molecular flexibility index (Phi) is 7.60. The molecule has 1 heterocycles. The van der Waals surface area contributed by atoms with Crippen LogP contribution in [-0.2, 0) is 28.7 Å². The fourth-order valence-electron chi connectivity index (χ4n) is 2.43. The molecule has 27 heavy (non-hydrogen) atoms. The fraction of sp³-hybridized carbons (Fsp3) is 0.444. The number of benzene rings is 1. The van der Waals surface area contributed by atoms with E-state index >= 15 is 0 Å². The summed E-state index contributed by atoms with van der Waals surface area (Å²) in [6.07, 6.45) is 0.590. The maximum absolute atomic E-state index is 12.0. The number of methoxy groups -OCH3 is 1. The van der Waals surface area contributed by atoms with Crippen molar-refractivity contribution in [1.82, 2.24) is 5.32 Å². The van der Waals surface area contributed by atoms with Crippen LogP contribution in [-0.4, -0.2) is 57.2 Å². The van der Waals surface area contributed by atoms with Crippen LogP contribution in [0.5, 0.6) is 5.75 Å². The highest BCUT2D eigenvalue weighted by atomic mass is 16.5. The SMILES string of the molecule is COC(=O)CCCNC(=O)COC(=O)CCN1C(=O)COc2ccccc21. The number of nitrogens with zero attached hydrogens (tertiary/aromatic N) is 1. The van der Waals surface area contributed by atoms with Crippen molar-refractivity contribution < 1.29 is 33.4 Å². The van der Waals surface area contributed by atoms with Crippen molar-refractivity contribution in [2.45, 2.75) is 19.3 Å². The number of rotatable bonds is 9. The molecule has 9 nitrogen and oxygen atoms in total. The van der Waals surface area contributed by atoms with Gasteiger partial charge in [0.1, 0.15) is 5.75 Å². The van der Waals surface area contributed by atoms with Crippen LogP contribution in [0, 0.1) is 0 Å². The topological polar surface area (TPSA) is 111 Å². The van der Waals surface area contributed by atoms with Crippen LogP contribution in [0.4, 0.5) is 5.69 Å². The fourth-order valence-corrected chi connectivity index (χ4v) is 2.43. The predicted molar refractivity (Wildman–Crippen MR) is 94.1 cm³/mol. The Balaban J connectivity index is 1.68. The molecular weight excluding hydrogens is 356 g/mol. The van der Waals surface area contributed by atoms with E-state index in [1.165, 1.54) is 12.0 Å². The summed E-state index contributed by atoms with van der Waals surface area (Å²) in [5.41, 5.74) is 0.602. The van der Waals surface area contributed by atoms with Crippen LogP contribution in [0.1, 0.15) is 19.3 Å². The lowest BCUT2D eigenvalue weighted by atomic mass is 10.2. The van der Waals surface area contributed by atoms with E-state index in [-0.39, 0.29) is 44.4 Å². The van der Waals surface area contributed by atoms with Gasteiger partial charge in [0.05, 0.1) is 19.2 Å². The summed E-state index contributed by atoms with van der Waals surface area (Å²) in [6, 6.07) is 7.05. The van der Waals surface area contributed by atoms with E-state index in [0.717, 1.165) is 0 Å². The Bertz CT molecular complexity index is 705. The first-order chi connectivity index (χ1) is 13.0. The number of carbonyl (C=O) groups is 4. The molecule has 0 fully saturated rings. The van der Waals surface area contributed by atoms with E-state index < -0.39 is 18.5 Å². The van der Waals surface area contributed by atoms with Crippen LogP contribution in [0.25, 0.3) is 0 Å². The molecule has 0 radical (unpaired) electrons. The minimum absolute atomic E-state index is 0.0459. The second-order valence-electron chi connectivity index (χ2n) is 5.74. The highest BCUT2D eigenvalue weighted by Crippen LogP contribution is 2.31. The Morgan fingerprint density at radius 3 is 2.74 bits per heavy atom. The maximum Gasteiger partial charge on any atom is 0.308 e. The highest BCUT2D eigenvalue weighted by Gasteiger charge is 2.25. The molecule has 1 aliphatic rings. The molecule has 1 N–H and O–H groups in total. The molecule has 1 aromatic rings. The van der Waals surface area contributed by atoms with Crippen molar-refractivity contribution >= 4 is 29.4 Å². The molecule has 0 aromatic heterocycles. The standard InChI is InChI=1S/C18H22N2O7/c1-25-17(23)7-4-9-19-15(21)11-27-18(24)8-10-20-13-5-2-3-6-14(13)26-12-16(20)22/h2-3,5-6H,4,7-12H2,1H3,(H,19,21). The monoisotopic (exact) mass is 378 g/mol. The quantitative estimate of drug-likeness (QED) is 0.489. The number of carbonyl (C=O) groups excluding carboxylic acids is 4. The molecule has 9 heteroatoms. The van der Waals surface area contributed by atoms with Crippen LogP contribution in [0.2, 0.25) is 0 Å². The van der Waals surface area contributed by atoms with Gasteiger partial charge in [-0.05, 0) is 18.6 Å². The van der Waals surface area contributed by atoms with E-state index in [9.17, 15) is 19.2 Å². The van der Waals surface area contributed by atoms with Gasteiger partial charge in [0.15, 0.2) is 13.2 Å². The molecule has 1 aromatic carbocycles. The molecule has 0 unspecified atom stereocenters. The predicted octanol–water partition coefficient (Wildman–Crippen LogP) is 0.415. The first-order valence-electron chi connectivity index (χ1n) is 8.52. The van der Waals surface area contributed by atoms with Crippen molar-refractivity contribution in [3.8, 4) is 5.75 Å². The zero-order valence-corrected chi connectivity index (χ0v) is 15.1. The minimum atomic E-state index is -0.587. The number of nitrogens with one attached hydrogen (secondary N) is 1. The summed E-state index contributed by atoms with van der Waals surface area (Å²) in [5.74, 6) is -1.06. The van der Waals surface area contributed by atoms with Crippen molar-refractivity contribution in [1.29, 1.82) is 0 Å². The Morgan fingerprint density at radius 2 is 1.96 bits per heavy atom. The van der Waals surface area contributed by atoms with Crippen molar-refractivity contribution in [2.75, 3.05) is 38.3 Å². The average Bonchev–Trinajstić information content (AvgIpc) is 2.68. The van der Waals surface area contributed by atoms with Gasteiger partial charge in [-0.25, -0.2) is 0 Å². The van der Waals surface area contributed by atoms with E-state index in [1.54, 1.807) is 24.3 Å². The van der Waals surface area contributed by atoms with Gasteiger partial charge < -0.3 is 24.4 Å². The number of esters is 2. The average molecular weight is 378 g/mol. The number of fused-ring (bicyclic) bond motifs is 1. The summed E-state index contributed by atoms with van der Waals surface area (Å²) in [7, 11) is 1.30. The van der Waals surface area contributed by atoms with E-state index in [1.807, 2.05) is 0 Å². The zero-order chi connectivity index (χ0) is 19.6. The van der Waals surface area contributed by atoms with Crippen LogP contribution < -0.4 is 15.0 Å². The maximum atomic E-state index is 12.0. The lowest BCUT2D eigenvalue weighted by Gasteiger charge is -2.28. The molecule has 0 atom stereocenters. The number of hydrogen-bond acceptors (Lipinski definition) is 7. The number of para-hydroxylation sites is 2. The molecule has 2 amide bonds. The molecular formula is C18H22N2O7. The second kappa shape index (κ2) is 10.1. The van der Waals surface area contributed by atoms with E-state index in [4.69, 9.17) is 9.47 Å². The first-order valence-corrected chi connectivity index (χ1v) is 8.52. The molecule has 1 aliphatic heterocycles. The third-order valence-corrected chi connectivity index (χ3v) is 3.82. The molecule has 0 aliphatic carbocycles. The van der Waals surface area contributed by atoms with Gasteiger partial charge in [-0.2, -0.15) is 0 Å².